The van der Waals surface area contributed by atoms with Crippen LogP contribution in [0.4, 0.5) is 0 Å². The Balaban J connectivity index is 2.31. The lowest BCUT2D eigenvalue weighted by atomic mass is 10.1. The normalized spacial score (nSPS) is 17.5. The van der Waals surface area contributed by atoms with Gasteiger partial charge in [-0.1, -0.05) is 34.1 Å². The van der Waals surface area contributed by atoms with Crippen LogP contribution >= 0.6 is 27.9 Å². The minimum atomic E-state index is 0.799. The molecular formula is C9H9BrN2S. The van der Waals surface area contributed by atoms with Crippen molar-refractivity contribution in [2.75, 3.05) is 6.54 Å². The summed E-state index contributed by atoms with van der Waals surface area (Å²) in [6, 6.07) is 8.18. The van der Waals surface area contributed by atoms with Crippen molar-refractivity contribution in [3.05, 3.63) is 39.7 Å². The average Bonchev–Trinajstić information content (AvgIpc) is 2.53. The smallest absolute Gasteiger partial charge is 0.0508 e. The van der Waals surface area contributed by atoms with E-state index in [-0.39, 0.29) is 0 Å². The molecule has 0 amide bonds. The Morgan fingerprint density at radius 2 is 2.15 bits per heavy atom. The van der Waals surface area contributed by atoms with E-state index < -0.39 is 0 Å². The van der Waals surface area contributed by atoms with E-state index >= 15 is 0 Å². The van der Waals surface area contributed by atoms with E-state index in [9.17, 15) is 0 Å². The van der Waals surface area contributed by atoms with Gasteiger partial charge >= 0.3 is 0 Å². The molecule has 0 radical (unpaired) electrons. The van der Waals surface area contributed by atoms with E-state index in [1.807, 2.05) is 18.2 Å². The van der Waals surface area contributed by atoms with Gasteiger partial charge in [-0.05, 0) is 34.6 Å². The Labute approximate surface area is 90.0 Å². The van der Waals surface area contributed by atoms with Gasteiger partial charge in [-0.3, -0.25) is 5.84 Å². The van der Waals surface area contributed by atoms with Gasteiger partial charge in [0.05, 0.1) is 6.54 Å². The zero-order chi connectivity index (χ0) is 9.26. The number of rotatable bonds is 1. The fraction of sp³-hybridized carbons (Fsp3) is 0.111. The highest BCUT2D eigenvalue weighted by atomic mass is 79.9. The van der Waals surface area contributed by atoms with Crippen molar-refractivity contribution in [3.8, 4) is 0 Å². The van der Waals surface area contributed by atoms with E-state index in [0.717, 1.165) is 11.0 Å². The molecule has 4 heteroatoms. The molecule has 2 N–H and O–H groups in total. The molecule has 2 nitrogen and oxygen atoms in total. The highest BCUT2D eigenvalue weighted by Gasteiger charge is 2.14. The second-order valence-electron chi connectivity index (χ2n) is 2.80. The van der Waals surface area contributed by atoms with Crippen LogP contribution in [0, 0.1) is 0 Å². The molecule has 0 fully saturated rings. The Morgan fingerprint density at radius 1 is 1.38 bits per heavy atom. The predicted molar refractivity (Wildman–Crippen MR) is 60.6 cm³/mol. The van der Waals surface area contributed by atoms with E-state index in [1.165, 1.54) is 23.1 Å². The molecule has 0 unspecified atom stereocenters. The van der Waals surface area contributed by atoms with Gasteiger partial charge < -0.3 is 0 Å². The predicted octanol–water partition coefficient (Wildman–Crippen LogP) is 2.63. The monoisotopic (exact) mass is 256 g/mol. The number of hydrogen-bond donors (Lipinski definition) is 1. The fourth-order valence-corrected chi connectivity index (χ4v) is 2.46. The number of hydrazine groups is 1. The molecule has 0 saturated heterocycles. The molecule has 1 heterocycles. The molecule has 0 bridgehead atoms. The summed E-state index contributed by atoms with van der Waals surface area (Å²) in [5, 5.41) is 2.08. The molecule has 1 aliphatic heterocycles. The Bertz CT molecular complexity index is 351. The van der Waals surface area contributed by atoms with Crippen LogP contribution in [0.1, 0.15) is 5.56 Å². The van der Waals surface area contributed by atoms with Gasteiger partial charge in [0.25, 0.3) is 0 Å². The van der Waals surface area contributed by atoms with Gasteiger partial charge in [-0.15, -0.1) is 0 Å². The molecular weight excluding hydrogens is 248 g/mol. The highest BCUT2D eigenvalue weighted by Crippen LogP contribution is 2.31. The van der Waals surface area contributed by atoms with E-state index in [0.29, 0.717) is 0 Å². The average molecular weight is 257 g/mol. The second kappa shape index (κ2) is 3.84. The molecule has 1 aliphatic rings. The van der Waals surface area contributed by atoms with Gasteiger partial charge in [0, 0.05) is 4.47 Å². The summed E-state index contributed by atoms with van der Waals surface area (Å²) in [5.74, 6) is 5.64. The third-order valence-corrected chi connectivity index (χ3v) is 3.36. The summed E-state index contributed by atoms with van der Waals surface area (Å²) in [6.07, 6.45) is 0. The van der Waals surface area contributed by atoms with Crippen molar-refractivity contribution in [1.29, 1.82) is 0 Å². The van der Waals surface area contributed by atoms with Crippen molar-refractivity contribution >= 4 is 33.5 Å². The first-order chi connectivity index (χ1) is 6.27. The van der Waals surface area contributed by atoms with Crippen LogP contribution in [0.2, 0.25) is 0 Å². The van der Waals surface area contributed by atoms with Gasteiger partial charge in [0.1, 0.15) is 0 Å². The number of nitrogens with zero attached hydrogens (tertiary/aromatic N) is 1. The topological polar surface area (TPSA) is 29.3 Å². The second-order valence-corrected chi connectivity index (χ2v) is 4.57. The molecule has 1 aromatic rings. The summed E-state index contributed by atoms with van der Waals surface area (Å²) >= 11 is 5.05. The first kappa shape index (κ1) is 9.27. The number of halogens is 1. The Kier molecular flexibility index (Phi) is 2.74. The summed E-state index contributed by atoms with van der Waals surface area (Å²) < 4.78 is 2.84. The van der Waals surface area contributed by atoms with Crippen LogP contribution in [-0.4, -0.2) is 11.0 Å². The summed E-state index contributed by atoms with van der Waals surface area (Å²) in [4.78, 5) is 0. The molecule has 68 valence electrons. The third-order valence-electron chi connectivity index (χ3n) is 1.88. The lowest BCUT2D eigenvalue weighted by Gasteiger charge is -2.07. The standard InChI is InChI=1S/C9H9BrN2S/c10-9-4-2-1-3-8(9)7-5-12(11)13-6-7/h1-4,6H,5,11H2. The molecule has 13 heavy (non-hydrogen) atoms. The number of hydrogen-bond acceptors (Lipinski definition) is 3. The molecule has 0 saturated carbocycles. The maximum atomic E-state index is 5.64. The van der Waals surface area contributed by atoms with Gasteiger partial charge in [0.15, 0.2) is 0 Å². The quantitative estimate of drug-likeness (QED) is 0.619. The number of nitrogens with two attached hydrogens (primary N) is 1. The Morgan fingerprint density at radius 3 is 2.77 bits per heavy atom. The molecule has 0 aromatic heterocycles. The van der Waals surface area contributed by atoms with Crippen LogP contribution in [0.25, 0.3) is 5.57 Å². The van der Waals surface area contributed by atoms with Crippen molar-refractivity contribution < 1.29 is 0 Å². The first-order valence-corrected chi connectivity index (χ1v) is 5.53. The molecule has 0 atom stereocenters. The zero-order valence-electron chi connectivity index (χ0n) is 6.90. The van der Waals surface area contributed by atoms with Crippen molar-refractivity contribution in [1.82, 2.24) is 4.41 Å². The summed E-state index contributed by atoms with van der Waals surface area (Å²) in [5.41, 5.74) is 2.49. The molecule has 0 spiro atoms. The van der Waals surface area contributed by atoms with E-state index in [1.54, 1.807) is 4.41 Å². The summed E-state index contributed by atoms with van der Waals surface area (Å²) in [7, 11) is 0. The van der Waals surface area contributed by atoms with Gasteiger partial charge in [0.2, 0.25) is 0 Å². The van der Waals surface area contributed by atoms with Crippen molar-refractivity contribution in [2.24, 2.45) is 5.84 Å². The molecule has 1 aromatic carbocycles. The maximum absolute atomic E-state index is 5.64. The minimum absolute atomic E-state index is 0.799. The van der Waals surface area contributed by atoms with Crippen LogP contribution in [0.15, 0.2) is 34.1 Å². The molecule has 0 aliphatic carbocycles. The first-order valence-electron chi connectivity index (χ1n) is 3.90. The number of benzene rings is 1. The lowest BCUT2D eigenvalue weighted by molar-refractivity contribution is 0.573. The fourth-order valence-electron chi connectivity index (χ4n) is 1.24. The van der Waals surface area contributed by atoms with Crippen LogP contribution < -0.4 is 5.84 Å². The van der Waals surface area contributed by atoms with Crippen LogP contribution in [-0.2, 0) is 0 Å². The van der Waals surface area contributed by atoms with Gasteiger partial charge in [-0.2, -0.15) is 4.41 Å². The van der Waals surface area contributed by atoms with E-state index in [2.05, 4.69) is 27.4 Å². The maximum Gasteiger partial charge on any atom is 0.0508 e. The zero-order valence-corrected chi connectivity index (χ0v) is 9.31. The van der Waals surface area contributed by atoms with Crippen molar-refractivity contribution in [3.63, 3.8) is 0 Å². The Hall–Kier alpha value is -0.290. The minimum Gasteiger partial charge on any atom is -0.258 e. The summed E-state index contributed by atoms with van der Waals surface area (Å²) in [6.45, 7) is 0.799. The van der Waals surface area contributed by atoms with Crippen LogP contribution in [0.3, 0.4) is 0 Å². The van der Waals surface area contributed by atoms with Crippen LogP contribution in [0.5, 0.6) is 0 Å². The van der Waals surface area contributed by atoms with Crippen molar-refractivity contribution in [2.45, 2.75) is 0 Å². The van der Waals surface area contributed by atoms with E-state index in [4.69, 9.17) is 5.84 Å². The highest BCUT2D eigenvalue weighted by molar-refractivity contribution is 9.10. The lowest BCUT2D eigenvalue weighted by Crippen LogP contribution is -2.20. The molecule has 2 rings (SSSR count). The van der Waals surface area contributed by atoms with Gasteiger partial charge in [-0.25, -0.2) is 0 Å². The SMILES string of the molecule is NN1CC(c2ccccc2Br)=CS1. The third kappa shape index (κ3) is 1.96. The largest absolute Gasteiger partial charge is 0.258 e.